The SMILES string of the molecule is CCS(=O)(=O)CCNc1cnn(CC(=O)OC)c(=O)c1Cl. The molecule has 0 amide bonds. The Hall–Kier alpha value is -1.61. The quantitative estimate of drug-likeness (QED) is 0.693. The van der Waals surface area contributed by atoms with E-state index in [4.69, 9.17) is 11.6 Å². The van der Waals surface area contributed by atoms with Crippen LogP contribution < -0.4 is 10.9 Å². The molecule has 0 aliphatic heterocycles. The molecule has 0 fully saturated rings. The molecule has 21 heavy (non-hydrogen) atoms. The fourth-order valence-corrected chi connectivity index (χ4v) is 2.29. The third kappa shape index (κ3) is 5.01. The van der Waals surface area contributed by atoms with E-state index in [1.807, 2.05) is 0 Å². The molecule has 0 aromatic carbocycles. The number of methoxy groups -OCH3 is 1. The highest BCUT2D eigenvalue weighted by Crippen LogP contribution is 2.14. The highest BCUT2D eigenvalue weighted by Gasteiger charge is 2.13. The van der Waals surface area contributed by atoms with Crippen LogP contribution in [0.5, 0.6) is 0 Å². The number of rotatable bonds is 7. The van der Waals surface area contributed by atoms with Crippen LogP contribution in [0.15, 0.2) is 11.0 Å². The Kier molecular flexibility index (Phi) is 6.16. The van der Waals surface area contributed by atoms with Crippen molar-refractivity contribution < 1.29 is 17.9 Å². The van der Waals surface area contributed by atoms with Crippen molar-refractivity contribution in [1.82, 2.24) is 9.78 Å². The molecular formula is C11H16ClN3O5S. The van der Waals surface area contributed by atoms with E-state index in [1.165, 1.54) is 13.3 Å². The van der Waals surface area contributed by atoms with Crippen molar-refractivity contribution in [2.75, 3.05) is 30.5 Å². The first kappa shape index (κ1) is 17.4. The topological polar surface area (TPSA) is 107 Å². The number of halogens is 1. The number of nitrogens with one attached hydrogen (secondary N) is 1. The number of carbonyl (C=O) groups excluding carboxylic acids is 1. The number of sulfone groups is 1. The molecule has 0 aliphatic carbocycles. The normalized spacial score (nSPS) is 11.2. The van der Waals surface area contributed by atoms with Crippen LogP contribution in [0.25, 0.3) is 0 Å². The van der Waals surface area contributed by atoms with E-state index in [9.17, 15) is 18.0 Å². The van der Waals surface area contributed by atoms with Crippen LogP contribution in [0.2, 0.25) is 5.02 Å². The van der Waals surface area contributed by atoms with Gasteiger partial charge in [0.1, 0.15) is 11.6 Å². The van der Waals surface area contributed by atoms with E-state index in [0.29, 0.717) is 0 Å². The second-order valence-corrected chi connectivity index (χ2v) is 6.93. The van der Waals surface area contributed by atoms with E-state index < -0.39 is 21.4 Å². The number of aromatic nitrogens is 2. The zero-order valence-corrected chi connectivity index (χ0v) is 13.2. The van der Waals surface area contributed by atoms with E-state index in [1.54, 1.807) is 6.92 Å². The molecule has 0 saturated carbocycles. The van der Waals surface area contributed by atoms with Crippen molar-refractivity contribution in [2.45, 2.75) is 13.5 Å². The summed E-state index contributed by atoms with van der Waals surface area (Å²) < 4.78 is 28.0. The summed E-state index contributed by atoms with van der Waals surface area (Å²) in [5, 5.41) is 6.34. The maximum Gasteiger partial charge on any atom is 0.327 e. The van der Waals surface area contributed by atoms with Crippen LogP contribution in [0.4, 0.5) is 5.69 Å². The number of esters is 1. The molecular weight excluding hydrogens is 322 g/mol. The molecule has 1 aromatic heterocycles. The van der Waals surface area contributed by atoms with Crippen LogP contribution in [0, 0.1) is 0 Å². The van der Waals surface area contributed by atoms with E-state index >= 15 is 0 Å². The average molecular weight is 338 g/mol. The van der Waals surface area contributed by atoms with Gasteiger partial charge in [0.15, 0.2) is 9.84 Å². The minimum Gasteiger partial charge on any atom is -0.468 e. The molecule has 1 rings (SSSR count). The average Bonchev–Trinajstić information content (AvgIpc) is 2.46. The number of hydrogen-bond donors (Lipinski definition) is 1. The van der Waals surface area contributed by atoms with Gasteiger partial charge in [0.25, 0.3) is 5.56 Å². The third-order valence-corrected chi connectivity index (χ3v) is 4.73. The second kappa shape index (κ2) is 7.41. The monoisotopic (exact) mass is 337 g/mol. The molecule has 8 nitrogen and oxygen atoms in total. The van der Waals surface area contributed by atoms with Gasteiger partial charge in [-0.15, -0.1) is 0 Å². The van der Waals surface area contributed by atoms with Crippen molar-refractivity contribution in [3.8, 4) is 0 Å². The molecule has 1 N–H and O–H groups in total. The van der Waals surface area contributed by atoms with Gasteiger partial charge in [0, 0.05) is 12.3 Å². The fraction of sp³-hybridized carbons (Fsp3) is 0.545. The predicted octanol–water partition coefficient (Wildman–Crippen LogP) is -0.0837. The largest absolute Gasteiger partial charge is 0.468 e. The lowest BCUT2D eigenvalue weighted by molar-refractivity contribution is -0.141. The number of ether oxygens (including phenoxy) is 1. The van der Waals surface area contributed by atoms with Crippen molar-refractivity contribution in [3.05, 3.63) is 21.6 Å². The Balaban J connectivity index is 2.81. The molecule has 10 heteroatoms. The first-order valence-electron chi connectivity index (χ1n) is 6.07. The highest BCUT2D eigenvalue weighted by atomic mass is 35.5. The van der Waals surface area contributed by atoms with Crippen LogP contribution >= 0.6 is 11.6 Å². The van der Waals surface area contributed by atoms with E-state index in [2.05, 4.69) is 15.2 Å². The molecule has 118 valence electrons. The Labute approximate surface area is 127 Å². The number of anilines is 1. The molecule has 0 aliphatic rings. The summed E-state index contributed by atoms with van der Waals surface area (Å²) in [5.41, 5.74) is -0.445. The maximum atomic E-state index is 11.9. The van der Waals surface area contributed by atoms with Crippen molar-refractivity contribution in [2.24, 2.45) is 0 Å². The van der Waals surface area contributed by atoms with Gasteiger partial charge < -0.3 is 10.1 Å². The minimum absolute atomic E-state index is 0.0430. The van der Waals surface area contributed by atoms with Crippen molar-refractivity contribution in [3.63, 3.8) is 0 Å². The summed E-state index contributed by atoms with van der Waals surface area (Å²) >= 11 is 5.87. The minimum atomic E-state index is -3.11. The second-order valence-electron chi connectivity index (χ2n) is 4.07. The van der Waals surface area contributed by atoms with Crippen LogP contribution in [0.3, 0.4) is 0 Å². The van der Waals surface area contributed by atoms with Gasteiger partial charge >= 0.3 is 5.97 Å². The van der Waals surface area contributed by atoms with Gasteiger partial charge in [-0.3, -0.25) is 9.59 Å². The summed E-state index contributed by atoms with van der Waals surface area (Å²) in [7, 11) is -1.92. The molecule has 1 aromatic rings. The molecule has 0 spiro atoms. The first-order chi connectivity index (χ1) is 9.80. The maximum absolute atomic E-state index is 11.9. The summed E-state index contributed by atoms with van der Waals surface area (Å²) in [6, 6.07) is 0. The first-order valence-corrected chi connectivity index (χ1v) is 8.27. The van der Waals surface area contributed by atoms with Gasteiger partial charge in [0.05, 0.1) is 24.7 Å². The number of hydrogen-bond acceptors (Lipinski definition) is 7. The van der Waals surface area contributed by atoms with Gasteiger partial charge in [-0.05, 0) is 0 Å². The van der Waals surface area contributed by atoms with Gasteiger partial charge in [-0.2, -0.15) is 5.10 Å². The lowest BCUT2D eigenvalue weighted by Crippen LogP contribution is -2.28. The molecule has 1 heterocycles. The Morgan fingerprint density at radius 2 is 2.19 bits per heavy atom. The third-order valence-electron chi connectivity index (χ3n) is 2.66. The van der Waals surface area contributed by atoms with Crippen LogP contribution in [-0.4, -0.2) is 49.3 Å². The van der Waals surface area contributed by atoms with Gasteiger partial charge in [-0.25, -0.2) is 13.1 Å². The van der Waals surface area contributed by atoms with Crippen molar-refractivity contribution in [1.29, 1.82) is 0 Å². The summed E-state index contributed by atoms with van der Waals surface area (Å²) in [6.07, 6.45) is 1.26. The lowest BCUT2D eigenvalue weighted by Gasteiger charge is -2.09. The summed E-state index contributed by atoms with van der Waals surface area (Å²) in [5.74, 6) is -0.665. The number of nitrogens with zero attached hydrogens (tertiary/aromatic N) is 2. The van der Waals surface area contributed by atoms with E-state index in [0.717, 1.165) is 4.68 Å². The molecule has 0 radical (unpaired) electrons. The lowest BCUT2D eigenvalue weighted by atomic mass is 10.4. The summed E-state index contributed by atoms with van der Waals surface area (Å²) in [6.45, 7) is 1.31. The Morgan fingerprint density at radius 1 is 1.52 bits per heavy atom. The molecule has 0 atom stereocenters. The standard InChI is InChI=1S/C11H16ClN3O5S/c1-3-21(18,19)5-4-13-8-6-14-15(7-9(16)20-2)11(17)10(8)12/h6,13H,3-5,7H2,1-2H3. The van der Waals surface area contributed by atoms with Crippen LogP contribution in [0.1, 0.15) is 6.92 Å². The summed E-state index contributed by atoms with van der Waals surface area (Å²) in [4.78, 5) is 23.0. The Bertz CT molecular complexity index is 671. The van der Waals surface area contributed by atoms with Crippen LogP contribution in [-0.2, 0) is 25.9 Å². The predicted molar refractivity (Wildman–Crippen MR) is 78.3 cm³/mol. The Morgan fingerprint density at radius 3 is 2.76 bits per heavy atom. The molecule has 0 saturated heterocycles. The smallest absolute Gasteiger partial charge is 0.327 e. The van der Waals surface area contributed by atoms with Crippen molar-refractivity contribution >= 4 is 33.1 Å². The zero-order valence-electron chi connectivity index (χ0n) is 11.6. The molecule has 0 unspecified atom stereocenters. The fourth-order valence-electron chi connectivity index (χ4n) is 1.37. The molecule has 0 bridgehead atoms. The van der Waals surface area contributed by atoms with Gasteiger partial charge in [0.2, 0.25) is 0 Å². The van der Waals surface area contributed by atoms with Gasteiger partial charge in [-0.1, -0.05) is 18.5 Å². The highest BCUT2D eigenvalue weighted by molar-refractivity contribution is 7.91. The number of carbonyl (C=O) groups is 1. The van der Waals surface area contributed by atoms with E-state index in [-0.39, 0.29) is 35.3 Å². The zero-order chi connectivity index (χ0) is 16.0.